The first-order valence-corrected chi connectivity index (χ1v) is 11.1. The molecule has 0 saturated carbocycles. The van der Waals surface area contributed by atoms with Crippen LogP contribution >= 0.6 is 0 Å². The Labute approximate surface area is 171 Å². The highest BCUT2D eigenvalue weighted by molar-refractivity contribution is 5.93. The van der Waals surface area contributed by atoms with Crippen molar-refractivity contribution in [3.63, 3.8) is 0 Å². The first-order chi connectivity index (χ1) is 13.4. The monoisotopic (exact) mass is 401 g/mol. The van der Waals surface area contributed by atoms with Crippen LogP contribution in [0.4, 0.5) is 0 Å². The molecule has 2 amide bonds. The summed E-state index contributed by atoms with van der Waals surface area (Å²) in [5, 5.41) is 29.9. The Hall–Kier alpha value is -0.980. The van der Waals surface area contributed by atoms with Crippen molar-refractivity contribution in [2.45, 2.75) is 122 Å². The Morgan fingerprint density at radius 3 is 1.50 bits per heavy atom. The van der Waals surface area contributed by atoms with Gasteiger partial charge in [0.25, 0.3) is 0 Å². The number of aliphatic hydroxyl groups is 3. The van der Waals surface area contributed by atoms with Crippen LogP contribution in [0, 0.1) is 0 Å². The second-order valence-electron chi connectivity index (χ2n) is 7.89. The number of carbonyl (C=O) groups excluding carboxylic acids is 2. The topological polar surface area (TPSA) is 98.1 Å². The van der Waals surface area contributed by atoms with Crippen LogP contribution in [0.1, 0.15) is 104 Å². The van der Waals surface area contributed by atoms with Gasteiger partial charge in [-0.05, 0) is 6.42 Å². The van der Waals surface area contributed by atoms with Crippen LogP contribution in [0.2, 0.25) is 0 Å². The van der Waals surface area contributed by atoms with Crippen LogP contribution < -0.4 is 0 Å². The fourth-order valence-corrected chi connectivity index (χ4v) is 3.65. The summed E-state index contributed by atoms with van der Waals surface area (Å²) in [5.41, 5.74) is 0. The summed E-state index contributed by atoms with van der Waals surface area (Å²) in [6.07, 6.45) is 12.6. The molecule has 0 aromatic rings. The van der Waals surface area contributed by atoms with Crippen molar-refractivity contribution in [2.75, 3.05) is 6.61 Å². The van der Waals surface area contributed by atoms with E-state index in [1.807, 2.05) is 0 Å². The zero-order valence-electron chi connectivity index (χ0n) is 18.2. The summed E-state index contributed by atoms with van der Waals surface area (Å²) >= 11 is 0. The summed E-state index contributed by atoms with van der Waals surface area (Å²) in [5.74, 6) is -1.11. The zero-order chi connectivity index (χ0) is 21.4. The third-order valence-corrected chi connectivity index (χ3v) is 5.34. The number of hydrogen-bond acceptors (Lipinski definition) is 5. The smallest absolute Gasteiger partial charge is 0.226 e. The maximum atomic E-state index is 11.6. The van der Waals surface area contributed by atoms with Crippen molar-refractivity contribution in [1.29, 1.82) is 0 Å². The van der Waals surface area contributed by atoms with E-state index in [1.54, 1.807) is 0 Å². The maximum Gasteiger partial charge on any atom is 0.226 e. The minimum absolute atomic E-state index is 0.388. The molecular weight excluding hydrogens is 358 g/mol. The van der Waals surface area contributed by atoms with E-state index in [0.717, 1.165) is 24.2 Å². The summed E-state index contributed by atoms with van der Waals surface area (Å²) in [7, 11) is 0. The highest BCUT2D eigenvalue weighted by atomic mass is 16.3. The molecule has 6 nitrogen and oxygen atoms in total. The van der Waals surface area contributed by atoms with E-state index in [4.69, 9.17) is 0 Å². The van der Waals surface area contributed by atoms with E-state index < -0.39 is 36.7 Å². The molecule has 0 radical (unpaired) electrons. The van der Waals surface area contributed by atoms with Crippen molar-refractivity contribution < 1.29 is 24.9 Å². The molecule has 28 heavy (non-hydrogen) atoms. The van der Waals surface area contributed by atoms with Gasteiger partial charge in [0.2, 0.25) is 11.8 Å². The average molecular weight is 402 g/mol. The van der Waals surface area contributed by atoms with Crippen molar-refractivity contribution in [2.24, 2.45) is 0 Å². The molecule has 0 unspecified atom stereocenters. The van der Waals surface area contributed by atoms with Gasteiger partial charge in [-0.2, -0.15) is 0 Å². The van der Waals surface area contributed by atoms with E-state index in [0.29, 0.717) is 6.42 Å². The van der Waals surface area contributed by atoms with Gasteiger partial charge in [0.1, 0.15) is 6.10 Å². The van der Waals surface area contributed by atoms with E-state index in [9.17, 15) is 24.9 Å². The van der Waals surface area contributed by atoms with Gasteiger partial charge in [0.05, 0.1) is 18.8 Å². The first kappa shape index (κ1) is 27.0. The number of unbranched alkanes of at least 4 members (excludes halogenated alkanes) is 11. The summed E-state index contributed by atoms with van der Waals surface area (Å²) in [6.45, 7) is 4.07. The molecule has 0 spiro atoms. The minimum atomic E-state index is -1.34. The van der Waals surface area contributed by atoms with Gasteiger partial charge < -0.3 is 15.3 Å². The molecule has 0 aliphatic rings. The quantitative estimate of drug-likeness (QED) is 0.324. The van der Waals surface area contributed by atoms with Gasteiger partial charge in [-0.15, -0.1) is 0 Å². The third kappa shape index (κ3) is 11.8. The Balaban J connectivity index is 3.91. The highest BCUT2D eigenvalue weighted by Gasteiger charge is 2.34. The second-order valence-corrected chi connectivity index (χ2v) is 7.89. The summed E-state index contributed by atoms with van der Waals surface area (Å²) in [4.78, 5) is 24.0. The summed E-state index contributed by atoms with van der Waals surface area (Å²) in [6, 6.07) is -1.11. The van der Waals surface area contributed by atoms with E-state index in [-0.39, 0.29) is 0 Å². The Kier molecular flexibility index (Phi) is 16.3. The van der Waals surface area contributed by atoms with Crippen molar-refractivity contribution >= 4 is 11.8 Å². The molecule has 0 aromatic carbocycles. The fraction of sp³-hybridized carbons (Fsp3) is 0.909. The van der Waals surface area contributed by atoms with Crippen LogP contribution in [-0.4, -0.2) is 56.9 Å². The number of nitrogens with zero attached hydrogens (tertiary/aromatic N) is 1. The normalized spacial score (nSPS) is 14.5. The van der Waals surface area contributed by atoms with Crippen LogP contribution in [0.5, 0.6) is 0 Å². The number of rotatable bonds is 17. The Morgan fingerprint density at radius 1 is 0.750 bits per heavy atom. The number of amides is 2. The maximum absolute atomic E-state index is 11.6. The fourth-order valence-electron chi connectivity index (χ4n) is 3.65. The largest absolute Gasteiger partial charge is 0.394 e. The minimum Gasteiger partial charge on any atom is -0.394 e. The first-order valence-electron chi connectivity index (χ1n) is 11.1. The predicted octanol–water partition coefficient (Wildman–Crippen LogP) is 3.56. The van der Waals surface area contributed by atoms with Crippen LogP contribution in [0.3, 0.4) is 0 Å². The van der Waals surface area contributed by atoms with Gasteiger partial charge in [-0.1, -0.05) is 84.0 Å². The van der Waals surface area contributed by atoms with Gasteiger partial charge in [0.15, 0.2) is 0 Å². The highest BCUT2D eigenvalue weighted by Crippen LogP contribution is 2.16. The van der Waals surface area contributed by atoms with Crippen LogP contribution in [-0.2, 0) is 9.59 Å². The molecular formula is C22H43NO5. The third-order valence-electron chi connectivity index (χ3n) is 5.34. The summed E-state index contributed by atoms with van der Waals surface area (Å²) < 4.78 is 0. The van der Waals surface area contributed by atoms with Crippen LogP contribution in [0.15, 0.2) is 0 Å². The lowest BCUT2D eigenvalue weighted by atomic mass is 9.98. The van der Waals surface area contributed by atoms with Gasteiger partial charge in [0, 0.05) is 13.8 Å². The number of imide groups is 1. The standard InChI is InChI=1S/C22H43NO5/c1-4-5-6-7-8-9-10-11-12-13-14-15-16-21(27)22(28)20(17-24)23(18(2)25)19(3)26/h20-22,24,27-28H,4-17H2,1-3H3/t20-,21+,22-/m0/s1. The molecule has 0 aliphatic carbocycles. The molecule has 3 N–H and O–H groups in total. The molecule has 166 valence electrons. The molecule has 0 aromatic heterocycles. The van der Waals surface area contributed by atoms with E-state index in [2.05, 4.69) is 6.92 Å². The number of hydrogen-bond donors (Lipinski definition) is 3. The molecule has 0 bridgehead atoms. The Bertz CT molecular complexity index is 402. The van der Waals surface area contributed by atoms with Crippen molar-refractivity contribution in [3.8, 4) is 0 Å². The zero-order valence-corrected chi connectivity index (χ0v) is 18.2. The molecule has 0 saturated heterocycles. The van der Waals surface area contributed by atoms with Crippen molar-refractivity contribution in [1.82, 2.24) is 4.90 Å². The lowest BCUT2D eigenvalue weighted by Crippen LogP contribution is -2.54. The molecule has 0 heterocycles. The van der Waals surface area contributed by atoms with Gasteiger partial charge in [-0.3, -0.25) is 14.5 Å². The van der Waals surface area contributed by atoms with Gasteiger partial charge in [-0.25, -0.2) is 0 Å². The van der Waals surface area contributed by atoms with Crippen molar-refractivity contribution in [3.05, 3.63) is 0 Å². The predicted molar refractivity (Wildman–Crippen MR) is 112 cm³/mol. The van der Waals surface area contributed by atoms with E-state index in [1.165, 1.54) is 71.6 Å². The molecule has 6 heteroatoms. The Morgan fingerprint density at radius 2 is 1.14 bits per heavy atom. The lowest BCUT2D eigenvalue weighted by Gasteiger charge is -2.32. The molecule has 0 aliphatic heterocycles. The molecule has 0 fully saturated rings. The molecule has 0 rings (SSSR count). The number of aliphatic hydroxyl groups excluding tert-OH is 3. The SMILES string of the molecule is CCCCCCCCCCCCCC[C@@H](O)[C@@H](O)[C@H](CO)N(C(C)=O)C(C)=O. The van der Waals surface area contributed by atoms with E-state index >= 15 is 0 Å². The number of carbonyl (C=O) groups is 2. The van der Waals surface area contributed by atoms with Gasteiger partial charge >= 0.3 is 0 Å². The molecule has 3 atom stereocenters. The average Bonchev–Trinajstić information content (AvgIpc) is 2.65. The lowest BCUT2D eigenvalue weighted by molar-refractivity contribution is -0.152. The second kappa shape index (κ2) is 16.9. The van der Waals surface area contributed by atoms with Crippen LogP contribution in [0.25, 0.3) is 0 Å².